The zero-order valence-electron chi connectivity index (χ0n) is 13.5. The largest absolute Gasteiger partial charge is 0.465 e. The number of rotatable bonds is 6. The minimum absolute atomic E-state index is 0.0927. The average Bonchev–Trinajstić information content (AvgIpc) is 3.03. The van der Waals surface area contributed by atoms with E-state index in [1.54, 1.807) is 0 Å². The van der Waals surface area contributed by atoms with Gasteiger partial charge >= 0.3 is 5.97 Å². The SMILES string of the molecule is COC(=O)c1ccc(S(=O)(=O)NCCc2cn3ccccc3n2)cc1. The molecule has 0 fully saturated rings. The summed E-state index contributed by atoms with van der Waals surface area (Å²) < 4.78 is 33.6. The number of benzene rings is 1. The van der Waals surface area contributed by atoms with Crippen molar-refractivity contribution in [1.82, 2.24) is 14.1 Å². The van der Waals surface area contributed by atoms with E-state index in [0.29, 0.717) is 12.0 Å². The number of nitrogens with one attached hydrogen (secondary N) is 1. The summed E-state index contributed by atoms with van der Waals surface area (Å²) in [6, 6.07) is 11.3. The first-order valence-corrected chi connectivity index (χ1v) is 9.08. The highest BCUT2D eigenvalue weighted by Crippen LogP contribution is 2.11. The topological polar surface area (TPSA) is 89.8 Å². The maximum Gasteiger partial charge on any atom is 0.337 e. The lowest BCUT2D eigenvalue weighted by molar-refractivity contribution is 0.0600. The fourth-order valence-electron chi connectivity index (χ4n) is 2.39. The summed E-state index contributed by atoms with van der Waals surface area (Å²) in [7, 11) is -2.37. The first-order chi connectivity index (χ1) is 12.0. The number of esters is 1. The number of nitrogens with zero attached hydrogens (tertiary/aromatic N) is 2. The number of imidazole rings is 1. The number of sulfonamides is 1. The number of carbonyl (C=O) groups is 1. The van der Waals surface area contributed by atoms with Gasteiger partial charge in [0.2, 0.25) is 10.0 Å². The summed E-state index contributed by atoms with van der Waals surface area (Å²) in [5.41, 5.74) is 1.92. The van der Waals surface area contributed by atoms with Crippen molar-refractivity contribution in [3.05, 3.63) is 66.1 Å². The second kappa shape index (κ2) is 7.04. The number of fused-ring (bicyclic) bond motifs is 1. The van der Waals surface area contributed by atoms with Crippen LogP contribution in [0.1, 0.15) is 16.1 Å². The van der Waals surface area contributed by atoms with E-state index >= 15 is 0 Å². The summed E-state index contributed by atoms with van der Waals surface area (Å²) in [6.45, 7) is 0.227. The molecule has 0 spiro atoms. The molecule has 2 heterocycles. The number of hydrogen-bond acceptors (Lipinski definition) is 5. The van der Waals surface area contributed by atoms with Gasteiger partial charge in [0.05, 0.1) is 23.3 Å². The molecule has 0 aliphatic rings. The molecule has 1 N–H and O–H groups in total. The number of pyridine rings is 1. The average molecular weight is 359 g/mol. The van der Waals surface area contributed by atoms with E-state index in [9.17, 15) is 13.2 Å². The zero-order chi connectivity index (χ0) is 17.9. The summed E-state index contributed by atoms with van der Waals surface area (Å²) in [5, 5.41) is 0. The highest BCUT2D eigenvalue weighted by Gasteiger charge is 2.15. The van der Waals surface area contributed by atoms with Crippen LogP contribution in [-0.2, 0) is 21.2 Å². The Morgan fingerprint density at radius 2 is 1.96 bits per heavy atom. The van der Waals surface area contributed by atoms with Crippen LogP contribution in [0.5, 0.6) is 0 Å². The van der Waals surface area contributed by atoms with Crippen LogP contribution < -0.4 is 4.72 Å². The summed E-state index contributed by atoms with van der Waals surface area (Å²) >= 11 is 0. The Kier molecular flexibility index (Phi) is 4.82. The van der Waals surface area contributed by atoms with Gasteiger partial charge in [0.1, 0.15) is 5.65 Å². The van der Waals surface area contributed by atoms with Crippen LogP contribution in [0.25, 0.3) is 5.65 Å². The van der Waals surface area contributed by atoms with Crippen LogP contribution in [0, 0.1) is 0 Å². The molecule has 3 rings (SSSR count). The van der Waals surface area contributed by atoms with Crippen LogP contribution in [-0.4, -0.2) is 37.4 Å². The summed E-state index contributed by atoms with van der Waals surface area (Å²) in [5.74, 6) is -0.510. The molecule has 130 valence electrons. The highest BCUT2D eigenvalue weighted by atomic mass is 32.2. The Morgan fingerprint density at radius 3 is 2.64 bits per heavy atom. The van der Waals surface area contributed by atoms with E-state index in [4.69, 9.17) is 0 Å². The lowest BCUT2D eigenvalue weighted by Crippen LogP contribution is -2.26. The molecule has 0 saturated carbocycles. The van der Waals surface area contributed by atoms with Crippen molar-refractivity contribution in [3.63, 3.8) is 0 Å². The zero-order valence-corrected chi connectivity index (χ0v) is 14.4. The number of carbonyl (C=O) groups excluding carboxylic acids is 1. The van der Waals surface area contributed by atoms with E-state index in [1.165, 1.54) is 31.4 Å². The monoisotopic (exact) mass is 359 g/mol. The van der Waals surface area contributed by atoms with Gasteiger partial charge in [-0.05, 0) is 36.4 Å². The fourth-order valence-corrected chi connectivity index (χ4v) is 3.42. The van der Waals surface area contributed by atoms with E-state index in [0.717, 1.165) is 11.3 Å². The molecule has 3 aromatic rings. The van der Waals surface area contributed by atoms with Gasteiger partial charge in [-0.3, -0.25) is 0 Å². The Morgan fingerprint density at radius 1 is 1.20 bits per heavy atom. The molecule has 0 saturated heterocycles. The van der Waals surface area contributed by atoms with Gasteiger partial charge in [-0.2, -0.15) is 0 Å². The molecule has 1 aromatic carbocycles. The molecule has 7 nitrogen and oxygen atoms in total. The van der Waals surface area contributed by atoms with E-state index < -0.39 is 16.0 Å². The van der Waals surface area contributed by atoms with Crippen molar-refractivity contribution >= 4 is 21.6 Å². The van der Waals surface area contributed by atoms with Gasteiger partial charge in [-0.1, -0.05) is 6.07 Å². The Hall–Kier alpha value is -2.71. The highest BCUT2D eigenvalue weighted by molar-refractivity contribution is 7.89. The van der Waals surface area contributed by atoms with Crippen molar-refractivity contribution in [2.24, 2.45) is 0 Å². The predicted octanol–water partition coefficient (Wildman–Crippen LogP) is 1.64. The minimum atomic E-state index is -3.65. The second-order valence-corrected chi connectivity index (χ2v) is 7.13. The first kappa shape index (κ1) is 17.1. The molecule has 0 radical (unpaired) electrons. The van der Waals surface area contributed by atoms with Crippen LogP contribution in [0.15, 0.2) is 59.8 Å². The normalized spacial score (nSPS) is 11.6. The van der Waals surface area contributed by atoms with E-state index in [-0.39, 0.29) is 11.4 Å². The first-order valence-electron chi connectivity index (χ1n) is 7.60. The Labute approximate surface area is 145 Å². The third-order valence-corrected chi connectivity index (χ3v) is 5.15. The van der Waals surface area contributed by atoms with Gasteiger partial charge in [-0.25, -0.2) is 22.9 Å². The quantitative estimate of drug-likeness (QED) is 0.676. The lowest BCUT2D eigenvalue weighted by atomic mass is 10.2. The molecule has 0 bridgehead atoms. The van der Waals surface area contributed by atoms with Crippen molar-refractivity contribution in [1.29, 1.82) is 0 Å². The molecule has 0 aliphatic carbocycles. The fraction of sp³-hybridized carbons (Fsp3) is 0.176. The molecule has 0 unspecified atom stereocenters. The third kappa shape index (κ3) is 3.86. The molecule has 25 heavy (non-hydrogen) atoms. The number of methoxy groups -OCH3 is 1. The molecule has 0 aliphatic heterocycles. The van der Waals surface area contributed by atoms with Gasteiger partial charge in [0, 0.05) is 25.4 Å². The van der Waals surface area contributed by atoms with Crippen molar-refractivity contribution in [3.8, 4) is 0 Å². The molecule has 2 aromatic heterocycles. The summed E-state index contributed by atoms with van der Waals surface area (Å²) in [4.78, 5) is 15.9. The van der Waals surface area contributed by atoms with Gasteiger partial charge in [0.15, 0.2) is 0 Å². The van der Waals surface area contributed by atoms with Crippen LogP contribution in [0.3, 0.4) is 0 Å². The van der Waals surface area contributed by atoms with Gasteiger partial charge < -0.3 is 9.14 Å². The summed E-state index contributed by atoms with van der Waals surface area (Å²) in [6.07, 6.45) is 4.23. The van der Waals surface area contributed by atoms with E-state index in [1.807, 2.05) is 35.0 Å². The van der Waals surface area contributed by atoms with Gasteiger partial charge in [0.25, 0.3) is 0 Å². The van der Waals surface area contributed by atoms with E-state index in [2.05, 4.69) is 14.4 Å². The van der Waals surface area contributed by atoms with Gasteiger partial charge in [-0.15, -0.1) is 0 Å². The Balaban J connectivity index is 1.64. The van der Waals surface area contributed by atoms with Crippen molar-refractivity contribution in [2.45, 2.75) is 11.3 Å². The molecular weight excluding hydrogens is 342 g/mol. The maximum absolute atomic E-state index is 12.3. The van der Waals surface area contributed by atoms with Crippen molar-refractivity contribution < 1.29 is 17.9 Å². The van der Waals surface area contributed by atoms with Crippen LogP contribution in [0.2, 0.25) is 0 Å². The van der Waals surface area contributed by atoms with Crippen LogP contribution >= 0.6 is 0 Å². The second-order valence-electron chi connectivity index (χ2n) is 5.36. The molecular formula is C17H17N3O4S. The number of ether oxygens (including phenoxy) is 1. The lowest BCUT2D eigenvalue weighted by Gasteiger charge is -2.06. The van der Waals surface area contributed by atoms with Crippen LogP contribution in [0.4, 0.5) is 0 Å². The maximum atomic E-state index is 12.3. The number of hydrogen-bond donors (Lipinski definition) is 1. The third-order valence-electron chi connectivity index (χ3n) is 3.67. The Bertz CT molecular complexity index is 961. The standard InChI is InChI=1S/C17H17N3O4S/c1-24-17(21)13-5-7-15(8-6-13)25(22,23)18-10-9-14-12-20-11-3-2-4-16(20)19-14/h2-8,11-12,18H,9-10H2,1H3. The van der Waals surface area contributed by atoms with Crippen molar-refractivity contribution in [2.75, 3.05) is 13.7 Å². The number of aromatic nitrogens is 2. The minimum Gasteiger partial charge on any atom is -0.465 e. The molecule has 0 amide bonds. The molecule has 8 heteroatoms. The predicted molar refractivity (Wildman–Crippen MR) is 91.9 cm³/mol. The smallest absolute Gasteiger partial charge is 0.337 e. The molecule has 0 atom stereocenters.